The van der Waals surface area contributed by atoms with Crippen molar-refractivity contribution in [1.82, 2.24) is 15.2 Å². The summed E-state index contributed by atoms with van der Waals surface area (Å²) in [4.78, 5) is 17.9. The Morgan fingerprint density at radius 2 is 2.07 bits per heavy atom. The van der Waals surface area contributed by atoms with Gasteiger partial charge in [-0.1, -0.05) is 6.07 Å². The molecule has 2 heterocycles. The van der Waals surface area contributed by atoms with Crippen LogP contribution in [0.1, 0.15) is 27.8 Å². The molecule has 0 saturated carbocycles. The molecular weight excluding hydrogens is 340 g/mol. The van der Waals surface area contributed by atoms with Crippen LogP contribution in [-0.4, -0.2) is 35.9 Å². The van der Waals surface area contributed by atoms with Crippen molar-refractivity contribution in [3.05, 3.63) is 58.4 Å². The van der Waals surface area contributed by atoms with E-state index in [-0.39, 0.29) is 11.8 Å². The Kier molecular flexibility index (Phi) is 5.72. The van der Waals surface area contributed by atoms with Crippen LogP contribution in [0.15, 0.2) is 30.6 Å². The Labute approximate surface area is 159 Å². The Balaban J connectivity index is 1.61. The van der Waals surface area contributed by atoms with Crippen LogP contribution in [0.2, 0.25) is 0 Å². The average Bonchev–Trinajstić information content (AvgIpc) is 2.65. The first-order valence-corrected chi connectivity index (χ1v) is 9.01. The van der Waals surface area contributed by atoms with Crippen molar-refractivity contribution in [3.63, 3.8) is 0 Å². The number of nitrogens with one attached hydrogen (secondary N) is 1. The second-order valence-corrected chi connectivity index (χ2v) is 7.03. The summed E-state index contributed by atoms with van der Waals surface area (Å²) in [7, 11) is 1.68. The molecule has 1 amide bonds. The highest BCUT2D eigenvalue weighted by atomic mass is 16.5. The third-order valence-electron chi connectivity index (χ3n) is 4.92. The number of rotatable bonds is 6. The van der Waals surface area contributed by atoms with Gasteiger partial charge in [0, 0.05) is 44.6 Å². The van der Waals surface area contributed by atoms with Gasteiger partial charge in [-0.25, -0.2) is 0 Å². The minimum atomic E-state index is 0.108. The molecule has 6 nitrogen and oxygen atoms in total. The van der Waals surface area contributed by atoms with E-state index >= 15 is 0 Å². The summed E-state index contributed by atoms with van der Waals surface area (Å²) in [6.07, 6.45) is 3.25. The highest BCUT2D eigenvalue weighted by Gasteiger charge is 2.31. The number of nitrogens with zero attached hydrogens (tertiary/aromatic N) is 3. The van der Waals surface area contributed by atoms with Gasteiger partial charge in [-0.2, -0.15) is 5.26 Å². The SMILES string of the molecule is CNC(=O)C1CN(Cc2cc(C)c(OCc3cncc(C#N)c3)cc2C)C1. The maximum Gasteiger partial charge on any atom is 0.225 e. The molecule has 1 saturated heterocycles. The van der Waals surface area contributed by atoms with E-state index in [4.69, 9.17) is 10.00 Å². The normalized spacial score (nSPS) is 14.3. The highest BCUT2D eigenvalue weighted by Crippen LogP contribution is 2.27. The van der Waals surface area contributed by atoms with Gasteiger partial charge in [-0.3, -0.25) is 14.7 Å². The van der Waals surface area contributed by atoms with Crippen LogP contribution in [0.3, 0.4) is 0 Å². The van der Waals surface area contributed by atoms with Crippen molar-refractivity contribution < 1.29 is 9.53 Å². The number of aryl methyl sites for hydroxylation is 2. The van der Waals surface area contributed by atoms with Crippen molar-refractivity contribution in [3.8, 4) is 11.8 Å². The Morgan fingerprint density at radius 1 is 1.30 bits per heavy atom. The van der Waals surface area contributed by atoms with Gasteiger partial charge in [0.2, 0.25) is 5.91 Å². The zero-order valence-corrected chi connectivity index (χ0v) is 16.0. The van der Waals surface area contributed by atoms with E-state index in [1.165, 1.54) is 17.3 Å². The fourth-order valence-corrected chi connectivity index (χ4v) is 3.27. The number of pyridine rings is 1. The molecule has 1 aromatic carbocycles. The first-order chi connectivity index (χ1) is 13.0. The number of hydrogen-bond donors (Lipinski definition) is 1. The minimum absolute atomic E-state index is 0.108. The van der Waals surface area contributed by atoms with E-state index in [0.717, 1.165) is 36.5 Å². The van der Waals surface area contributed by atoms with E-state index in [0.29, 0.717) is 12.2 Å². The van der Waals surface area contributed by atoms with Crippen LogP contribution >= 0.6 is 0 Å². The lowest BCUT2D eigenvalue weighted by molar-refractivity contribution is -0.129. The van der Waals surface area contributed by atoms with Crippen molar-refractivity contribution in [2.45, 2.75) is 27.0 Å². The molecule has 2 aromatic rings. The van der Waals surface area contributed by atoms with Gasteiger partial charge in [0.15, 0.2) is 0 Å². The van der Waals surface area contributed by atoms with Crippen LogP contribution in [0.4, 0.5) is 0 Å². The summed E-state index contributed by atoms with van der Waals surface area (Å²) >= 11 is 0. The topological polar surface area (TPSA) is 78.2 Å². The largest absolute Gasteiger partial charge is 0.489 e. The summed E-state index contributed by atoms with van der Waals surface area (Å²) in [6.45, 7) is 6.94. The number of amides is 1. The predicted molar refractivity (Wildman–Crippen MR) is 102 cm³/mol. The average molecular weight is 364 g/mol. The van der Waals surface area contributed by atoms with E-state index in [1.807, 2.05) is 6.92 Å². The van der Waals surface area contributed by atoms with E-state index in [1.54, 1.807) is 19.3 Å². The fraction of sp³-hybridized carbons (Fsp3) is 0.381. The molecule has 1 aromatic heterocycles. The van der Waals surface area contributed by atoms with Gasteiger partial charge in [0.1, 0.15) is 18.4 Å². The van der Waals surface area contributed by atoms with Crippen LogP contribution in [0, 0.1) is 31.1 Å². The third-order valence-corrected chi connectivity index (χ3v) is 4.92. The van der Waals surface area contributed by atoms with Gasteiger partial charge in [-0.05, 0) is 42.7 Å². The van der Waals surface area contributed by atoms with Gasteiger partial charge in [0.05, 0.1) is 11.5 Å². The lowest BCUT2D eigenvalue weighted by Gasteiger charge is -2.38. The summed E-state index contributed by atoms with van der Waals surface area (Å²) < 4.78 is 5.95. The molecule has 1 aliphatic heterocycles. The van der Waals surface area contributed by atoms with Gasteiger partial charge in [0.25, 0.3) is 0 Å². The van der Waals surface area contributed by atoms with Gasteiger partial charge in [-0.15, -0.1) is 0 Å². The number of likely N-dealkylation sites (tertiary alicyclic amines) is 1. The fourth-order valence-electron chi connectivity index (χ4n) is 3.27. The molecule has 140 valence electrons. The smallest absolute Gasteiger partial charge is 0.225 e. The number of aromatic nitrogens is 1. The van der Waals surface area contributed by atoms with Crippen LogP contribution in [0.5, 0.6) is 5.75 Å². The van der Waals surface area contributed by atoms with Gasteiger partial charge < -0.3 is 10.1 Å². The molecule has 0 spiro atoms. The Bertz CT molecular complexity index is 882. The maximum absolute atomic E-state index is 11.6. The molecule has 0 atom stereocenters. The number of hydrogen-bond acceptors (Lipinski definition) is 5. The summed E-state index contributed by atoms with van der Waals surface area (Å²) in [5.41, 5.74) is 4.90. The maximum atomic E-state index is 11.6. The second kappa shape index (κ2) is 8.19. The Morgan fingerprint density at radius 3 is 2.78 bits per heavy atom. The van der Waals surface area contributed by atoms with Crippen LogP contribution in [0.25, 0.3) is 0 Å². The van der Waals surface area contributed by atoms with Crippen LogP contribution in [-0.2, 0) is 17.9 Å². The first kappa shape index (κ1) is 18.9. The quantitative estimate of drug-likeness (QED) is 0.851. The second-order valence-electron chi connectivity index (χ2n) is 7.03. The predicted octanol–water partition coefficient (Wildman–Crippen LogP) is 2.33. The first-order valence-electron chi connectivity index (χ1n) is 9.01. The molecule has 27 heavy (non-hydrogen) atoms. The highest BCUT2D eigenvalue weighted by molar-refractivity contribution is 5.79. The number of ether oxygens (including phenoxy) is 1. The molecule has 0 radical (unpaired) electrons. The van der Waals surface area contributed by atoms with Crippen molar-refractivity contribution >= 4 is 5.91 Å². The van der Waals surface area contributed by atoms with E-state index in [2.05, 4.69) is 40.3 Å². The lowest BCUT2D eigenvalue weighted by Crippen LogP contribution is -2.52. The molecular formula is C21H24N4O2. The lowest BCUT2D eigenvalue weighted by atomic mass is 9.96. The monoisotopic (exact) mass is 364 g/mol. The molecule has 0 bridgehead atoms. The summed E-state index contributed by atoms with van der Waals surface area (Å²) in [5.74, 6) is 1.07. The van der Waals surface area contributed by atoms with E-state index in [9.17, 15) is 4.79 Å². The molecule has 1 N–H and O–H groups in total. The van der Waals surface area contributed by atoms with Crippen LogP contribution < -0.4 is 10.1 Å². The minimum Gasteiger partial charge on any atom is -0.489 e. The zero-order valence-electron chi connectivity index (χ0n) is 16.0. The van der Waals surface area contributed by atoms with Crippen molar-refractivity contribution in [2.75, 3.05) is 20.1 Å². The molecule has 0 unspecified atom stereocenters. The van der Waals surface area contributed by atoms with E-state index < -0.39 is 0 Å². The number of carbonyl (C=O) groups excluding carboxylic acids is 1. The van der Waals surface area contributed by atoms with Crippen molar-refractivity contribution in [2.24, 2.45) is 5.92 Å². The molecule has 3 rings (SSSR count). The van der Waals surface area contributed by atoms with Crippen molar-refractivity contribution in [1.29, 1.82) is 5.26 Å². The summed E-state index contributed by atoms with van der Waals surface area (Å²) in [6, 6.07) is 8.09. The standard InChI is InChI=1S/C21H24N4O2/c1-14-5-20(27-13-17-6-16(7-22)8-24-9-17)15(2)4-18(14)10-25-11-19(12-25)21(26)23-3/h4-6,8-9,19H,10-13H2,1-3H3,(H,23,26). The summed E-state index contributed by atoms with van der Waals surface area (Å²) in [5, 5.41) is 11.7. The third kappa shape index (κ3) is 4.44. The molecule has 0 aliphatic carbocycles. The number of benzene rings is 1. The van der Waals surface area contributed by atoms with Gasteiger partial charge >= 0.3 is 0 Å². The number of carbonyl (C=O) groups is 1. The molecule has 6 heteroatoms. The zero-order chi connectivity index (χ0) is 19.4. The molecule has 1 aliphatic rings. The number of nitriles is 1. The Hall–Kier alpha value is -2.91. The molecule has 1 fully saturated rings.